The van der Waals surface area contributed by atoms with Crippen LogP contribution in [0.1, 0.15) is 27.3 Å². The van der Waals surface area contributed by atoms with Crippen molar-refractivity contribution in [2.75, 3.05) is 20.3 Å². The normalized spacial score (nSPS) is 15.2. The number of ether oxygens (including phenoxy) is 2. The van der Waals surface area contributed by atoms with Gasteiger partial charge in [0.2, 0.25) is 0 Å². The molecule has 0 saturated carbocycles. The first-order valence-electron chi connectivity index (χ1n) is 9.78. The van der Waals surface area contributed by atoms with Crippen molar-refractivity contribution in [2.24, 2.45) is 0 Å². The number of hydrogen-bond acceptors (Lipinski definition) is 5. The lowest BCUT2D eigenvalue weighted by Gasteiger charge is -2.23. The molecule has 5 rings (SSSR count). The van der Waals surface area contributed by atoms with Crippen LogP contribution in [0.5, 0.6) is 11.5 Å². The van der Waals surface area contributed by atoms with Crippen LogP contribution in [-0.4, -0.2) is 52.1 Å². The number of amides is 1. The molecule has 7 nitrogen and oxygen atoms in total. The van der Waals surface area contributed by atoms with Gasteiger partial charge in [-0.25, -0.2) is 4.68 Å². The fraction of sp³-hybridized carbons (Fsp3) is 0.318. The molecule has 7 heteroatoms. The first kappa shape index (κ1) is 17.7. The van der Waals surface area contributed by atoms with E-state index in [1.54, 1.807) is 9.58 Å². The van der Waals surface area contributed by atoms with E-state index in [1.807, 2.05) is 44.3 Å². The Labute approximate surface area is 168 Å². The van der Waals surface area contributed by atoms with Gasteiger partial charge in [-0.05, 0) is 43.0 Å². The molecule has 148 valence electrons. The zero-order chi connectivity index (χ0) is 20.0. The topological polar surface area (TPSA) is 69.5 Å². The third-order valence-electron chi connectivity index (χ3n) is 5.77. The summed E-state index contributed by atoms with van der Waals surface area (Å²) < 4.78 is 12.9. The van der Waals surface area contributed by atoms with Crippen LogP contribution >= 0.6 is 0 Å². The van der Waals surface area contributed by atoms with Crippen molar-refractivity contribution >= 4 is 5.91 Å². The van der Waals surface area contributed by atoms with Crippen molar-refractivity contribution < 1.29 is 14.3 Å². The molecule has 0 saturated heterocycles. The Hall–Kier alpha value is -3.35. The number of nitrogens with zero attached hydrogens (tertiary/aromatic N) is 4. The molecule has 2 aromatic carbocycles. The SMILES string of the molecule is Cc1c(C(=O)N(C)C2Cc3ccccc3C2)nnn1-c1ccc2c(c1)OCCO2. The number of hydrogen-bond donors (Lipinski definition) is 0. The monoisotopic (exact) mass is 390 g/mol. The summed E-state index contributed by atoms with van der Waals surface area (Å²) in [6.45, 7) is 2.93. The largest absolute Gasteiger partial charge is 0.486 e. The van der Waals surface area contributed by atoms with E-state index in [2.05, 4.69) is 22.4 Å². The molecule has 1 aromatic heterocycles. The van der Waals surface area contributed by atoms with Crippen LogP contribution in [0.2, 0.25) is 0 Å². The number of rotatable bonds is 3. The minimum atomic E-state index is -0.107. The van der Waals surface area contributed by atoms with Crippen LogP contribution in [0.4, 0.5) is 0 Å². The van der Waals surface area contributed by atoms with Crippen molar-refractivity contribution in [2.45, 2.75) is 25.8 Å². The summed E-state index contributed by atoms with van der Waals surface area (Å²) in [5.74, 6) is 1.29. The lowest BCUT2D eigenvalue weighted by Crippen LogP contribution is -2.38. The molecule has 1 aliphatic heterocycles. The maximum atomic E-state index is 13.1. The maximum absolute atomic E-state index is 13.1. The van der Waals surface area contributed by atoms with Crippen molar-refractivity contribution in [3.8, 4) is 17.2 Å². The van der Waals surface area contributed by atoms with E-state index in [-0.39, 0.29) is 11.9 Å². The zero-order valence-corrected chi connectivity index (χ0v) is 16.5. The molecule has 2 aliphatic rings. The van der Waals surface area contributed by atoms with Gasteiger partial charge in [-0.1, -0.05) is 29.5 Å². The van der Waals surface area contributed by atoms with Crippen LogP contribution < -0.4 is 9.47 Å². The van der Waals surface area contributed by atoms with Gasteiger partial charge in [-0.3, -0.25) is 4.79 Å². The maximum Gasteiger partial charge on any atom is 0.276 e. The smallest absolute Gasteiger partial charge is 0.276 e. The highest BCUT2D eigenvalue weighted by atomic mass is 16.6. The van der Waals surface area contributed by atoms with E-state index in [0.29, 0.717) is 30.4 Å². The van der Waals surface area contributed by atoms with Crippen LogP contribution in [-0.2, 0) is 12.8 Å². The summed E-state index contributed by atoms with van der Waals surface area (Å²) in [6.07, 6.45) is 1.74. The molecule has 1 amide bonds. The molecule has 0 N–H and O–H groups in total. The predicted octanol–water partition coefficient (Wildman–Crippen LogP) is 2.59. The minimum Gasteiger partial charge on any atom is -0.486 e. The average Bonchev–Trinajstić information content (AvgIpc) is 3.36. The van der Waals surface area contributed by atoms with Gasteiger partial charge in [0.1, 0.15) is 13.2 Å². The Bertz CT molecular complexity index is 1070. The zero-order valence-electron chi connectivity index (χ0n) is 16.5. The number of benzene rings is 2. The van der Waals surface area contributed by atoms with Crippen molar-refractivity contribution in [3.63, 3.8) is 0 Å². The molecule has 0 unspecified atom stereocenters. The Morgan fingerprint density at radius 3 is 2.48 bits per heavy atom. The number of carbonyl (C=O) groups excluding carboxylic acids is 1. The molecule has 3 aromatic rings. The van der Waals surface area contributed by atoms with Gasteiger partial charge in [0.25, 0.3) is 5.91 Å². The quantitative estimate of drug-likeness (QED) is 0.688. The van der Waals surface area contributed by atoms with Gasteiger partial charge in [0, 0.05) is 19.2 Å². The van der Waals surface area contributed by atoms with Gasteiger partial charge in [-0.2, -0.15) is 0 Å². The standard InChI is InChI=1S/C22H22N4O3/c1-14-21(22(27)25(2)18-11-15-5-3-4-6-16(15)12-18)23-24-26(14)17-7-8-19-20(13-17)29-10-9-28-19/h3-8,13,18H,9-12H2,1-2H3. The van der Waals surface area contributed by atoms with Gasteiger partial charge in [0.15, 0.2) is 17.2 Å². The molecular weight excluding hydrogens is 368 g/mol. The molecule has 0 spiro atoms. The second-order valence-electron chi connectivity index (χ2n) is 7.51. The van der Waals surface area contributed by atoms with E-state index in [0.717, 1.165) is 24.3 Å². The Kier molecular flexibility index (Phi) is 4.23. The van der Waals surface area contributed by atoms with Crippen LogP contribution in [0.3, 0.4) is 0 Å². The van der Waals surface area contributed by atoms with E-state index in [4.69, 9.17) is 9.47 Å². The highest BCUT2D eigenvalue weighted by Crippen LogP contribution is 2.32. The molecule has 1 aliphatic carbocycles. The molecule has 29 heavy (non-hydrogen) atoms. The molecule has 0 radical (unpaired) electrons. The van der Waals surface area contributed by atoms with Crippen LogP contribution in [0, 0.1) is 6.92 Å². The van der Waals surface area contributed by atoms with Crippen LogP contribution in [0.25, 0.3) is 5.69 Å². The van der Waals surface area contributed by atoms with Gasteiger partial charge in [-0.15, -0.1) is 5.10 Å². The summed E-state index contributed by atoms with van der Waals surface area (Å²) >= 11 is 0. The second kappa shape index (κ2) is 6.92. The molecule has 0 atom stereocenters. The average molecular weight is 390 g/mol. The number of likely N-dealkylation sites (N-methyl/N-ethyl adjacent to an activating group) is 1. The third kappa shape index (κ3) is 3.03. The lowest BCUT2D eigenvalue weighted by molar-refractivity contribution is 0.0731. The highest BCUT2D eigenvalue weighted by Gasteiger charge is 2.30. The summed E-state index contributed by atoms with van der Waals surface area (Å²) in [5, 5.41) is 8.42. The number of carbonyl (C=O) groups is 1. The summed E-state index contributed by atoms with van der Waals surface area (Å²) in [6, 6.07) is 14.1. The molecule has 2 heterocycles. The van der Waals surface area contributed by atoms with E-state index in [1.165, 1.54) is 11.1 Å². The lowest BCUT2D eigenvalue weighted by atomic mass is 10.1. The predicted molar refractivity (Wildman–Crippen MR) is 107 cm³/mol. The van der Waals surface area contributed by atoms with Crippen molar-refractivity contribution in [1.29, 1.82) is 0 Å². The Morgan fingerprint density at radius 2 is 1.76 bits per heavy atom. The highest BCUT2D eigenvalue weighted by molar-refractivity contribution is 5.93. The third-order valence-corrected chi connectivity index (χ3v) is 5.77. The van der Waals surface area contributed by atoms with E-state index >= 15 is 0 Å². The summed E-state index contributed by atoms with van der Waals surface area (Å²) in [7, 11) is 1.85. The Balaban J connectivity index is 1.39. The molecule has 0 bridgehead atoms. The van der Waals surface area contributed by atoms with Crippen LogP contribution in [0.15, 0.2) is 42.5 Å². The summed E-state index contributed by atoms with van der Waals surface area (Å²) in [5.41, 5.74) is 4.49. The molecular formula is C22H22N4O3. The second-order valence-corrected chi connectivity index (χ2v) is 7.51. The van der Waals surface area contributed by atoms with E-state index in [9.17, 15) is 4.79 Å². The fourth-order valence-corrected chi connectivity index (χ4v) is 4.08. The van der Waals surface area contributed by atoms with E-state index < -0.39 is 0 Å². The fourth-order valence-electron chi connectivity index (χ4n) is 4.08. The Morgan fingerprint density at radius 1 is 1.07 bits per heavy atom. The van der Waals surface area contributed by atoms with Crippen molar-refractivity contribution in [1.82, 2.24) is 19.9 Å². The van der Waals surface area contributed by atoms with Crippen molar-refractivity contribution in [3.05, 3.63) is 65.0 Å². The first-order valence-corrected chi connectivity index (χ1v) is 9.78. The van der Waals surface area contributed by atoms with Gasteiger partial charge >= 0.3 is 0 Å². The first-order chi connectivity index (χ1) is 14.1. The number of fused-ring (bicyclic) bond motifs is 2. The van der Waals surface area contributed by atoms with Gasteiger partial charge in [0.05, 0.1) is 11.4 Å². The number of aromatic nitrogens is 3. The molecule has 0 fully saturated rings. The minimum absolute atomic E-state index is 0.107. The summed E-state index contributed by atoms with van der Waals surface area (Å²) in [4.78, 5) is 14.9. The van der Waals surface area contributed by atoms with Gasteiger partial charge < -0.3 is 14.4 Å².